The number of fused-ring (bicyclic) bond motifs is 1. The predicted octanol–water partition coefficient (Wildman–Crippen LogP) is 2.91. The number of benzene rings is 2. The predicted molar refractivity (Wildman–Crippen MR) is 80.6 cm³/mol. The van der Waals surface area contributed by atoms with Gasteiger partial charge in [0.1, 0.15) is 12.4 Å². The van der Waals surface area contributed by atoms with Gasteiger partial charge in [-0.2, -0.15) is 0 Å². The van der Waals surface area contributed by atoms with Crippen LogP contribution in [0.15, 0.2) is 42.5 Å². The first-order valence-corrected chi connectivity index (χ1v) is 6.90. The van der Waals surface area contributed by atoms with E-state index in [4.69, 9.17) is 15.2 Å². The van der Waals surface area contributed by atoms with Crippen molar-refractivity contribution in [2.24, 2.45) is 0 Å². The van der Waals surface area contributed by atoms with Crippen LogP contribution in [0.2, 0.25) is 0 Å². The molecule has 2 aromatic carbocycles. The van der Waals surface area contributed by atoms with Gasteiger partial charge in [0.05, 0.1) is 18.1 Å². The largest absolute Gasteiger partial charge is 0.493 e. The quantitative estimate of drug-likeness (QED) is 0.695. The van der Waals surface area contributed by atoms with Crippen molar-refractivity contribution in [1.82, 2.24) is 0 Å². The molecule has 21 heavy (non-hydrogen) atoms. The highest BCUT2D eigenvalue weighted by Gasteiger charge is 2.25. The van der Waals surface area contributed by atoms with Gasteiger partial charge >= 0.3 is 5.97 Å². The van der Waals surface area contributed by atoms with Gasteiger partial charge in [-0.05, 0) is 30.7 Å². The van der Waals surface area contributed by atoms with Crippen LogP contribution in [0, 0.1) is 6.92 Å². The Balaban J connectivity index is 1.66. The third-order valence-electron chi connectivity index (χ3n) is 3.73. The smallest absolute Gasteiger partial charge is 0.338 e. The molecule has 0 aliphatic carbocycles. The Morgan fingerprint density at radius 2 is 2.14 bits per heavy atom. The third kappa shape index (κ3) is 2.70. The van der Waals surface area contributed by atoms with Gasteiger partial charge in [-0.25, -0.2) is 4.79 Å². The van der Waals surface area contributed by atoms with Crippen molar-refractivity contribution in [2.45, 2.75) is 12.8 Å². The summed E-state index contributed by atoms with van der Waals surface area (Å²) in [5, 5.41) is 0. The molecule has 2 aromatic rings. The number of nitrogens with two attached hydrogens (primary N) is 1. The van der Waals surface area contributed by atoms with Gasteiger partial charge in [-0.15, -0.1) is 0 Å². The summed E-state index contributed by atoms with van der Waals surface area (Å²) in [6.07, 6.45) is 0. The molecule has 1 atom stereocenters. The van der Waals surface area contributed by atoms with Crippen LogP contribution in [0.3, 0.4) is 0 Å². The maximum atomic E-state index is 12.1. The minimum absolute atomic E-state index is 0.0907. The molecule has 0 spiro atoms. The van der Waals surface area contributed by atoms with E-state index in [2.05, 4.69) is 0 Å². The van der Waals surface area contributed by atoms with Crippen molar-refractivity contribution in [3.63, 3.8) is 0 Å². The first-order chi connectivity index (χ1) is 10.1. The highest BCUT2D eigenvalue weighted by Crippen LogP contribution is 2.33. The highest BCUT2D eigenvalue weighted by molar-refractivity contribution is 5.90. The zero-order chi connectivity index (χ0) is 14.8. The zero-order valence-electron chi connectivity index (χ0n) is 11.8. The van der Waals surface area contributed by atoms with Crippen LogP contribution in [0.5, 0.6) is 5.75 Å². The van der Waals surface area contributed by atoms with E-state index in [1.165, 1.54) is 0 Å². The van der Waals surface area contributed by atoms with E-state index in [-0.39, 0.29) is 11.9 Å². The van der Waals surface area contributed by atoms with Crippen molar-refractivity contribution in [3.05, 3.63) is 59.2 Å². The second-order valence-electron chi connectivity index (χ2n) is 5.22. The standard InChI is InChI=1S/C17H17NO3/c1-11-6-7-12(8-15(11)18)17(19)21-10-13-9-20-16-5-3-2-4-14(13)16/h2-8,13H,9-10,18H2,1H3. The molecule has 0 fully saturated rings. The van der Waals surface area contributed by atoms with Gasteiger partial charge in [-0.1, -0.05) is 24.3 Å². The summed E-state index contributed by atoms with van der Waals surface area (Å²) in [6.45, 7) is 2.75. The summed E-state index contributed by atoms with van der Waals surface area (Å²) in [5.41, 5.74) is 8.93. The first kappa shape index (κ1) is 13.5. The number of hydrogen-bond acceptors (Lipinski definition) is 4. The number of anilines is 1. The van der Waals surface area contributed by atoms with Crippen LogP contribution in [0.4, 0.5) is 5.69 Å². The lowest BCUT2D eigenvalue weighted by molar-refractivity contribution is 0.0470. The fourth-order valence-electron chi connectivity index (χ4n) is 2.39. The van der Waals surface area contributed by atoms with E-state index in [9.17, 15) is 4.79 Å². The van der Waals surface area contributed by atoms with Gasteiger partial charge in [-0.3, -0.25) is 0 Å². The van der Waals surface area contributed by atoms with Gasteiger partial charge in [0.2, 0.25) is 0 Å². The van der Waals surface area contributed by atoms with Gasteiger partial charge in [0, 0.05) is 11.3 Å². The number of esters is 1. The molecule has 108 valence electrons. The lowest BCUT2D eigenvalue weighted by Gasteiger charge is -2.10. The van der Waals surface area contributed by atoms with Gasteiger partial charge in [0.15, 0.2) is 0 Å². The molecule has 0 bridgehead atoms. The van der Waals surface area contributed by atoms with Crippen LogP contribution >= 0.6 is 0 Å². The summed E-state index contributed by atoms with van der Waals surface area (Å²) in [4.78, 5) is 12.1. The van der Waals surface area contributed by atoms with E-state index in [0.717, 1.165) is 16.9 Å². The summed E-state index contributed by atoms with van der Waals surface area (Å²) < 4.78 is 11.0. The summed E-state index contributed by atoms with van der Waals surface area (Å²) in [6, 6.07) is 13.0. The molecule has 0 aromatic heterocycles. The molecule has 0 amide bonds. The van der Waals surface area contributed by atoms with Crippen LogP contribution in [-0.4, -0.2) is 19.2 Å². The maximum Gasteiger partial charge on any atom is 0.338 e. The number of hydrogen-bond donors (Lipinski definition) is 1. The minimum atomic E-state index is -0.355. The molecule has 4 heteroatoms. The van der Waals surface area contributed by atoms with E-state index in [0.29, 0.717) is 24.5 Å². The van der Waals surface area contributed by atoms with Crippen molar-refractivity contribution in [2.75, 3.05) is 18.9 Å². The SMILES string of the molecule is Cc1ccc(C(=O)OCC2COc3ccccc32)cc1N. The number of aryl methyl sites for hydroxylation is 1. The Morgan fingerprint density at radius 1 is 1.33 bits per heavy atom. The molecular weight excluding hydrogens is 266 g/mol. The van der Waals surface area contributed by atoms with E-state index in [1.807, 2.05) is 37.3 Å². The normalized spacial score (nSPS) is 16.1. The Bertz CT molecular complexity index is 681. The summed E-state index contributed by atoms with van der Waals surface area (Å²) in [5.74, 6) is 0.608. The lowest BCUT2D eigenvalue weighted by atomic mass is 10.0. The van der Waals surface area contributed by atoms with E-state index >= 15 is 0 Å². The molecule has 2 N–H and O–H groups in total. The second kappa shape index (κ2) is 5.48. The Hall–Kier alpha value is -2.49. The van der Waals surface area contributed by atoms with Crippen LogP contribution in [0.25, 0.3) is 0 Å². The molecule has 4 nitrogen and oxygen atoms in total. The maximum absolute atomic E-state index is 12.1. The first-order valence-electron chi connectivity index (χ1n) is 6.90. The third-order valence-corrected chi connectivity index (χ3v) is 3.73. The van der Waals surface area contributed by atoms with Gasteiger partial charge < -0.3 is 15.2 Å². The molecule has 1 aliphatic rings. The zero-order valence-corrected chi connectivity index (χ0v) is 11.8. The Morgan fingerprint density at radius 3 is 2.95 bits per heavy atom. The van der Waals surface area contributed by atoms with E-state index in [1.54, 1.807) is 12.1 Å². The Kier molecular flexibility index (Phi) is 3.52. The average molecular weight is 283 g/mol. The summed E-state index contributed by atoms with van der Waals surface area (Å²) >= 11 is 0. The second-order valence-corrected chi connectivity index (χ2v) is 5.22. The van der Waals surface area contributed by atoms with Crippen molar-refractivity contribution in [3.8, 4) is 5.75 Å². The molecule has 0 saturated carbocycles. The van der Waals surface area contributed by atoms with Crippen molar-refractivity contribution >= 4 is 11.7 Å². The molecular formula is C17H17NO3. The molecule has 3 rings (SSSR count). The number of ether oxygens (including phenoxy) is 2. The fraction of sp³-hybridized carbons (Fsp3) is 0.235. The topological polar surface area (TPSA) is 61.5 Å². The number of para-hydroxylation sites is 1. The number of carbonyl (C=O) groups excluding carboxylic acids is 1. The van der Waals surface area contributed by atoms with Crippen molar-refractivity contribution in [1.29, 1.82) is 0 Å². The van der Waals surface area contributed by atoms with Crippen LogP contribution in [0.1, 0.15) is 27.4 Å². The molecule has 1 heterocycles. The number of rotatable bonds is 3. The minimum Gasteiger partial charge on any atom is -0.493 e. The number of carbonyl (C=O) groups is 1. The monoisotopic (exact) mass is 283 g/mol. The molecule has 1 aliphatic heterocycles. The molecule has 1 unspecified atom stereocenters. The number of nitrogen functional groups attached to an aromatic ring is 1. The van der Waals surface area contributed by atoms with Gasteiger partial charge in [0.25, 0.3) is 0 Å². The Labute approximate surface area is 123 Å². The van der Waals surface area contributed by atoms with E-state index < -0.39 is 0 Å². The lowest BCUT2D eigenvalue weighted by Crippen LogP contribution is -2.14. The molecule has 0 saturated heterocycles. The fourth-order valence-corrected chi connectivity index (χ4v) is 2.39. The average Bonchev–Trinajstić information content (AvgIpc) is 2.91. The van der Waals surface area contributed by atoms with Crippen LogP contribution < -0.4 is 10.5 Å². The molecule has 0 radical (unpaired) electrons. The van der Waals surface area contributed by atoms with Crippen molar-refractivity contribution < 1.29 is 14.3 Å². The summed E-state index contributed by atoms with van der Waals surface area (Å²) in [7, 11) is 0. The highest BCUT2D eigenvalue weighted by atomic mass is 16.5. The van der Waals surface area contributed by atoms with Crippen LogP contribution in [-0.2, 0) is 4.74 Å².